The van der Waals surface area contributed by atoms with Crippen LogP contribution in [0, 0.1) is 6.92 Å². The molecule has 1 aliphatic rings. The first-order chi connectivity index (χ1) is 10.8. The molecule has 2 aromatic rings. The van der Waals surface area contributed by atoms with Crippen LogP contribution in [0.15, 0.2) is 53.8 Å². The van der Waals surface area contributed by atoms with E-state index in [2.05, 4.69) is 51.2 Å². The van der Waals surface area contributed by atoms with E-state index < -0.39 is 0 Å². The second-order valence-electron chi connectivity index (χ2n) is 5.71. The zero-order chi connectivity index (χ0) is 15.2. The van der Waals surface area contributed by atoms with E-state index in [-0.39, 0.29) is 0 Å². The normalized spacial score (nSPS) is 16.3. The van der Waals surface area contributed by atoms with Crippen LogP contribution >= 0.6 is 0 Å². The molecular weight excluding hydrogens is 272 g/mol. The van der Waals surface area contributed by atoms with Crippen molar-refractivity contribution in [2.24, 2.45) is 5.10 Å². The first kappa shape index (κ1) is 14.7. The quantitative estimate of drug-likeness (QED) is 0.812. The van der Waals surface area contributed by atoms with Crippen LogP contribution in [0.1, 0.15) is 16.8 Å². The van der Waals surface area contributed by atoms with Gasteiger partial charge in [-0.05, 0) is 24.6 Å². The highest BCUT2D eigenvalue weighted by molar-refractivity contribution is 5.76. The summed E-state index contributed by atoms with van der Waals surface area (Å²) in [4.78, 5) is 6.74. The van der Waals surface area contributed by atoms with Crippen LogP contribution in [-0.4, -0.2) is 47.3 Å². The monoisotopic (exact) mass is 294 g/mol. The van der Waals surface area contributed by atoms with Gasteiger partial charge >= 0.3 is 0 Å². The van der Waals surface area contributed by atoms with Crippen LogP contribution < -0.4 is 0 Å². The Morgan fingerprint density at radius 1 is 1.05 bits per heavy atom. The number of aryl methyl sites for hydroxylation is 1. The van der Waals surface area contributed by atoms with Gasteiger partial charge in [0.1, 0.15) is 0 Å². The van der Waals surface area contributed by atoms with Crippen LogP contribution in [0.2, 0.25) is 0 Å². The largest absolute Gasteiger partial charge is 0.295 e. The number of aromatic nitrogens is 1. The van der Waals surface area contributed by atoms with Gasteiger partial charge in [-0.1, -0.05) is 35.9 Å². The minimum Gasteiger partial charge on any atom is -0.295 e. The lowest BCUT2D eigenvalue weighted by atomic mass is 10.1. The highest BCUT2D eigenvalue weighted by Gasteiger charge is 2.15. The summed E-state index contributed by atoms with van der Waals surface area (Å²) in [6, 6.07) is 14.7. The van der Waals surface area contributed by atoms with Crippen molar-refractivity contribution < 1.29 is 0 Å². The van der Waals surface area contributed by atoms with Gasteiger partial charge in [-0.25, -0.2) is 0 Å². The van der Waals surface area contributed by atoms with Gasteiger partial charge in [-0.15, -0.1) is 0 Å². The van der Waals surface area contributed by atoms with Crippen LogP contribution in [0.4, 0.5) is 0 Å². The van der Waals surface area contributed by atoms with Crippen molar-refractivity contribution in [1.29, 1.82) is 0 Å². The standard InChI is InChI=1S/C18H22N4/c1-16-5-7-17(8-6-16)15-21-10-12-22(13-11-21)20-14-18-4-2-3-9-19-18/h2-9,14H,10-13,15H2,1H3/b20-14+. The summed E-state index contributed by atoms with van der Waals surface area (Å²) < 4.78 is 0. The maximum atomic E-state index is 4.53. The van der Waals surface area contributed by atoms with E-state index in [9.17, 15) is 0 Å². The fourth-order valence-electron chi connectivity index (χ4n) is 2.56. The van der Waals surface area contributed by atoms with Gasteiger partial charge in [-0.2, -0.15) is 5.10 Å². The molecule has 1 aromatic heterocycles. The summed E-state index contributed by atoms with van der Waals surface area (Å²) in [5.74, 6) is 0. The van der Waals surface area contributed by atoms with E-state index >= 15 is 0 Å². The van der Waals surface area contributed by atoms with Gasteiger partial charge in [0.15, 0.2) is 0 Å². The molecule has 0 unspecified atom stereocenters. The fourth-order valence-corrected chi connectivity index (χ4v) is 2.56. The third kappa shape index (κ3) is 4.15. The minimum absolute atomic E-state index is 0.907. The summed E-state index contributed by atoms with van der Waals surface area (Å²) >= 11 is 0. The van der Waals surface area contributed by atoms with Crippen LogP contribution in [0.3, 0.4) is 0 Å². The lowest BCUT2D eigenvalue weighted by Gasteiger charge is -2.33. The Labute approximate surface area is 132 Å². The lowest BCUT2D eigenvalue weighted by molar-refractivity contribution is 0.131. The predicted molar refractivity (Wildman–Crippen MR) is 89.9 cm³/mol. The molecule has 0 amide bonds. The first-order valence-corrected chi connectivity index (χ1v) is 7.77. The molecule has 1 saturated heterocycles. The molecular formula is C18H22N4. The highest BCUT2D eigenvalue weighted by Crippen LogP contribution is 2.10. The van der Waals surface area contributed by atoms with Crippen molar-refractivity contribution in [1.82, 2.24) is 14.9 Å². The number of piperazine rings is 1. The van der Waals surface area contributed by atoms with Gasteiger partial charge in [0.2, 0.25) is 0 Å². The van der Waals surface area contributed by atoms with Gasteiger partial charge in [-0.3, -0.25) is 14.9 Å². The topological polar surface area (TPSA) is 31.7 Å². The van der Waals surface area contributed by atoms with Crippen molar-refractivity contribution in [2.75, 3.05) is 26.2 Å². The molecule has 0 radical (unpaired) electrons. The van der Waals surface area contributed by atoms with E-state index in [0.717, 1.165) is 38.4 Å². The molecule has 0 saturated carbocycles. The van der Waals surface area contributed by atoms with Crippen molar-refractivity contribution in [2.45, 2.75) is 13.5 Å². The van der Waals surface area contributed by atoms with E-state index in [0.29, 0.717) is 0 Å². The van der Waals surface area contributed by atoms with Crippen molar-refractivity contribution in [3.8, 4) is 0 Å². The maximum Gasteiger partial charge on any atom is 0.0830 e. The van der Waals surface area contributed by atoms with E-state index in [1.807, 2.05) is 24.4 Å². The SMILES string of the molecule is Cc1ccc(CN2CCN(/N=C/c3ccccn3)CC2)cc1. The Kier molecular flexibility index (Phi) is 4.81. The van der Waals surface area contributed by atoms with Gasteiger partial charge in [0, 0.05) is 38.9 Å². The Balaban J connectivity index is 1.48. The lowest BCUT2D eigenvalue weighted by Crippen LogP contribution is -2.43. The molecule has 4 nitrogen and oxygen atoms in total. The Morgan fingerprint density at radius 3 is 2.50 bits per heavy atom. The Hall–Kier alpha value is -2.20. The number of benzene rings is 1. The van der Waals surface area contributed by atoms with Gasteiger partial charge in [0.25, 0.3) is 0 Å². The third-order valence-corrected chi connectivity index (χ3v) is 3.92. The molecule has 1 aromatic carbocycles. The number of hydrogen-bond acceptors (Lipinski definition) is 4. The molecule has 2 heterocycles. The van der Waals surface area contributed by atoms with Crippen LogP contribution in [0.5, 0.6) is 0 Å². The molecule has 0 N–H and O–H groups in total. The number of hydrazone groups is 1. The third-order valence-electron chi connectivity index (χ3n) is 3.92. The molecule has 22 heavy (non-hydrogen) atoms. The summed E-state index contributed by atoms with van der Waals surface area (Å²) in [6.45, 7) is 7.19. The smallest absolute Gasteiger partial charge is 0.0830 e. The number of rotatable bonds is 4. The zero-order valence-electron chi connectivity index (χ0n) is 13.0. The molecule has 0 spiro atoms. The molecule has 1 aliphatic heterocycles. The second-order valence-corrected chi connectivity index (χ2v) is 5.71. The van der Waals surface area contributed by atoms with Gasteiger partial charge < -0.3 is 0 Å². The first-order valence-electron chi connectivity index (χ1n) is 7.77. The summed E-state index contributed by atoms with van der Waals surface area (Å²) in [6.07, 6.45) is 3.64. The second kappa shape index (κ2) is 7.18. The summed E-state index contributed by atoms with van der Waals surface area (Å²) in [5.41, 5.74) is 3.61. The minimum atomic E-state index is 0.907. The van der Waals surface area contributed by atoms with Crippen molar-refractivity contribution in [3.05, 3.63) is 65.5 Å². The number of nitrogens with zero attached hydrogens (tertiary/aromatic N) is 4. The molecule has 0 atom stereocenters. The predicted octanol–water partition coefficient (Wildman–Crippen LogP) is 2.54. The molecule has 3 rings (SSSR count). The Morgan fingerprint density at radius 2 is 1.82 bits per heavy atom. The van der Waals surface area contributed by atoms with E-state index in [4.69, 9.17) is 0 Å². The van der Waals surface area contributed by atoms with Crippen LogP contribution in [-0.2, 0) is 6.54 Å². The van der Waals surface area contributed by atoms with Crippen LogP contribution in [0.25, 0.3) is 0 Å². The summed E-state index contributed by atoms with van der Waals surface area (Å²) in [5, 5.41) is 6.65. The average molecular weight is 294 g/mol. The van der Waals surface area contributed by atoms with Gasteiger partial charge in [0.05, 0.1) is 11.9 Å². The van der Waals surface area contributed by atoms with Crippen molar-refractivity contribution in [3.63, 3.8) is 0 Å². The fraction of sp³-hybridized carbons (Fsp3) is 0.333. The highest BCUT2D eigenvalue weighted by atomic mass is 15.5. The molecule has 0 bridgehead atoms. The summed E-state index contributed by atoms with van der Waals surface area (Å²) in [7, 11) is 0. The zero-order valence-corrected chi connectivity index (χ0v) is 13.0. The van der Waals surface area contributed by atoms with E-state index in [1.54, 1.807) is 6.20 Å². The Bertz CT molecular complexity index is 599. The maximum absolute atomic E-state index is 4.53. The molecule has 1 fully saturated rings. The van der Waals surface area contributed by atoms with Crippen molar-refractivity contribution >= 4 is 6.21 Å². The number of pyridine rings is 1. The molecule has 0 aliphatic carbocycles. The molecule has 4 heteroatoms. The molecule has 114 valence electrons. The van der Waals surface area contributed by atoms with E-state index in [1.165, 1.54) is 11.1 Å². The number of hydrogen-bond donors (Lipinski definition) is 0. The average Bonchev–Trinajstić information content (AvgIpc) is 2.57.